The molecule has 1 unspecified atom stereocenters. The first-order valence-electron chi connectivity index (χ1n) is 7.75. The van der Waals surface area contributed by atoms with Crippen LogP contribution in [0.15, 0.2) is 42.5 Å². The van der Waals surface area contributed by atoms with Crippen LogP contribution in [0.25, 0.3) is 0 Å². The molecule has 0 amide bonds. The Morgan fingerprint density at radius 1 is 0.950 bits per heavy atom. The standard InChI is InChI=1S/C19H23N/c1-3-14-9-7-10-15(4-2)19(14)20-13-17-12-16-8-5-6-11-18(16)17/h5-11,17,20H,3-4,12-13H2,1-2H3. The maximum atomic E-state index is 3.73. The largest absolute Gasteiger partial charge is 0.384 e. The van der Waals surface area contributed by atoms with Crippen LogP contribution in [0.5, 0.6) is 0 Å². The molecule has 104 valence electrons. The molecule has 0 radical (unpaired) electrons. The van der Waals surface area contributed by atoms with E-state index < -0.39 is 0 Å². The van der Waals surface area contributed by atoms with Crippen LogP contribution in [0.2, 0.25) is 0 Å². The molecule has 1 aliphatic rings. The lowest BCUT2D eigenvalue weighted by atomic mass is 9.77. The molecular weight excluding hydrogens is 242 g/mol. The number of fused-ring (bicyclic) bond motifs is 1. The minimum absolute atomic E-state index is 0.681. The summed E-state index contributed by atoms with van der Waals surface area (Å²) in [6.07, 6.45) is 3.41. The smallest absolute Gasteiger partial charge is 0.0405 e. The molecule has 2 aromatic rings. The second kappa shape index (κ2) is 5.70. The molecule has 1 N–H and O–H groups in total. The molecule has 1 nitrogen and oxygen atoms in total. The Hall–Kier alpha value is -1.76. The maximum absolute atomic E-state index is 3.73. The Kier molecular flexibility index (Phi) is 3.77. The highest BCUT2D eigenvalue weighted by molar-refractivity contribution is 5.58. The van der Waals surface area contributed by atoms with E-state index in [0.717, 1.165) is 19.4 Å². The van der Waals surface area contributed by atoms with Crippen molar-refractivity contribution in [3.8, 4) is 0 Å². The van der Waals surface area contributed by atoms with Gasteiger partial charge in [0.05, 0.1) is 0 Å². The highest BCUT2D eigenvalue weighted by Gasteiger charge is 2.25. The number of nitrogens with one attached hydrogen (secondary N) is 1. The molecule has 20 heavy (non-hydrogen) atoms. The number of rotatable bonds is 5. The number of hydrogen-bond donors (Lipinski definition) is 1. The summed E-state index contributed by atoms with van der Waals surface area (Å²) in [6.45, 7) is 5.53. The summed E-state index contributed by atoms with van der Waals surface area (Å²) in [6, 6.07) is 15.5. The SMILES string of the molecule is CCc1cccc(CC)c1NCC1Cc2ccccc21. The summed E-state index contributed by atoms with van der Waals surface area (Å²) in [5, 5.41) is 3.73. The predicted octanol–water partition coefficient (Wildman–Crippen LogP) is 4.56. The Balaban J connectivity index is 1.74. The van der Waals surface area contributed by atoms with Gasteiger partial charge in [0.2, 0.25) is 0 Å². The van der Waals surface area contributed by atoms with Gasteiger partial charge < -0.3 is 5.32 Å². The van der Waals surface area contributed by atoms with Gasteiger partial charge in [-0.2, -0.15) is 0 Å². The van der Waals surface area contributed by atoms with E-state index in [1.54, 1.807) is 0 Å². The molecule has 0 heterocycles. The molecule has 0 bridgehead atoms. The van der Waals surface area contributed by atoms with E-state index in [4.69, 9.17) is 0 Å². The molecule has 3 rings (SSSR count). The van der Waals surface area contributed by atoms with Crippen molar-refractivity contribution in [2.24, 2.45) is 0 Å². The van der Waals surface area contributed by atoms with E-state index in [-0.39, 0.29) is 0 Å². The molecule has 2 aromatic carbocycles. The van der Waals surface area contributed by atoms with E-state index in [2.05, 4.69) is 61.6 Å². The Morgan fingerprint density at radius 2 is 1.65 bits per heavy atom. The molecule has 0 aromatic heterocycles. The zero-order valence-electron chi connectivity index (χ0n) is 12.4. The van der Waals surface area contributed by atoms with E-state index >= 15 is 0 Å². The first-order chi connectivity index (χ1) is 9.83. The third-order valence-corrected chi connectivity index (χ3v) is 4.49. The van der Waals surface area contributed by atoms with Crippen molar-refractivity contribution in [1.82, 2.24) is 0 Å². The Morgan fingerprint density at radius 3 is 2.30 bits per heavy atom. The van der Waals surface area contributed by atoms with Gasteiger partial charge in [0.25, 0.3) is 0 Å². The normalized spacial score (nSPS) is 16.4. The first-order valence-corrected chi connectivity index (χ1v) is 7.75. The monoisotopic (exact) mass is 265 g/mol. The van der Waals surface area contributed by atoms with Gasteiger partial charge in [-0.25, -0.2) is 0 Å². The van der Waals surface area contributed by atoms with E-state index in [9.17, 15) is 0 Å². The summed E-state index contributed by atoms with van der Waals surface area (Å²) in [5.41, 5.74) is 7.32. The van der Waals surface area contributed by atoms with E-state index in [1.165, 1.54) is 34.4 Å². The van der Waals surface area contributed by atoms with Crippen LogP contribution in [-0.2, 0) is 19.3 Å². The van der Waals surface area contributed by atoms with Crippen LogP contribution in [0.4, 0.5) is 5.69 Å². The van der Waals surface area contributed by atoms with Crippen LogP contribution in [0.1, 0.15) is 42.0 Å². The zero-order chi connectivity index (χ0) is 13.9. The summed E-state index contributed by atoms with van der Waals surface area (Å²) >= 11 is 0. The average Bonchev–Trinajstić information content (AvgIpc) is 2.48. The van der Waals surface area contributed by atoms with Gasteiger partial charge in [-0.15, -0.1) is 0 Å². The second-order valence-electron chi connectivity index (χ2n) is 5.64. The summed E-state index contributed by atoms with van der Waals surface area (Å²) in [4.78, 5) is 0. The number of para-hydroxylation sites is 1. The lowest BCUT2D eigenvalue weighted by Crippen LogP contribution is -2.24. The fraction of sp³-hybridized carbons (Fsp3) is 0.368. The summed E-state index contributed by atoms with van der Waals surface area (Å²) < 4.78 is 0. The Bertz CT molecular complexity index is 578. The van der Waals surface area contributed by atoms with Crippen molar-refractivity contribution in [2.45, 2.75) is 39.0 Å². The molecule has 0 spiro atoms. The van der Waals surface area contributed by atoms with E-state index in [1.807, 2.05) is 0 Å². The lowest BCUT2D eigenvalue weighted by molar-refractivity contribution is 0.635. The minimum atomic E-state index is 0.681. The van der Waals surface area contributed by atoms with Gasteiger partial charge >= 0.3 is 0 Å². The fourth-order valence-electron chi connectivity index (χ4n) is 3.24. The van der Waals surface area contributed by atoms with Crippen molar-refractivity contribution in [1.29, 1.82) is 0 Å². The van der Waals surface area contributed by atoms with Gasteiger partial charge in [0, 0.05) is 18.2 Å². The maximum Gasteiger partial charge on any atom is 0.0405 e. The van der Waals surface area contributed by atoms with Crippen LogP contribution in [0.3, 0.4) is 0 Å². The van der Waals surface area contributed by atoms with Crippen LogP contribution in [0, 0.1) is 0 Å². The van der Waals surface area contributed by atoms with Crippen LogP contribution >= 0.6 is 0 Å². The number of benzene rings is 2. The van der Waals surface area contributed by atoms with Gasteiger partial charge in [0.15, 0.2) is 0 Å². The molecular formula is C19H23N. The quantitative estimate of drug-likeness (QED) is 0.835. The van der Waals surface area contributed by atoms with Crippen molar-refractivity contribution < 1.29 is 0 Å². The topological polar surface area (TPSA) is 12.0 Å². The van der Waals surface area contributed by atoms with Gasteiger partial charge in [-0.3, -0.25) is 0 Å². The summed E-state index contributed by atoms with van der Waals surface area (Å²) in [7, 11) is 0. The molecule has 0 aliphatic heterocycles. The molecule has 1 atom stereocenters. The molecule has 0 saturated heterocycles. The van der Waals surface area contributed by atoms with Gasteiger partial charge in [0.1, 0.15) is 0 Å². The highest BCUT2D eigenvalue weighted by Crippen LogP contribution is 2.35. The lowest BCUT2D eigenvalue weighted by Gasteiger charge is -2.31. The van der Waals surface area contributed by atoms with Crippen molar-refractivity contribution in [3.05, 3.63) is 64.7 Å². The van der Waals surface area contributed by atoms with Crippen molar-refractivity contribution in [3.63, 3.8) is 0 Å². The highest BCUT2D eigenvalue weighted by atomic mass is 14.9. The van der Waals surface area contributed by atoms with Gasteiger partial charge in [-0.05, 0) is 41.5 Å². The minimum Gasteiger partial charge on any atom is -0.384 e. The number of anilines is 1. The first kappa shape index (κ1) is 13.2. The third-order valence-electron chi connectivity index (χ3n) is 4.49. The molecule has 1 aliphatic carbocycles. The fourth-order valence-corrected chi connectivity index (χ4v) is 3.24. The van der Waals surface area contributed by atoms with Crippen molar-refractivity contribution >= 4 is 5.69 Å². The summed E-state index contributed by atoms with van der Waals surface area (Å²) in [5.74, 6) is 0.681. The number of hydrogen-bond acceptors (Lipinski definition) is 1. The van der Waals surface area contributed by atoms with Crippen LogP contribution in [-0.4, -0.2) is 6.54 Å². The number of aryl methyl sites for hydroxylation is 2. The Labute approximate surface area is 122 Å². The molecule has 1 heteroatoms. The second-order valence-corrected chi connectivity index (χ2v) is 5.64. The zero-order valence-corrected chi connectivity index (χ0v) is 12.4. The third kappa shape index (κ3) is 2.33. The predicted molar refractivity (Wildman–Crippen MR) is 86.6 cm³/mol. The average molecular weight is 265 g/mol. The van der Waals surface area contributed by atoms with E-state index in [0.29, 0.717) is 5.92 Å². The molecule has 0 saturated carbocycles. The molecule has 0 fully saturated rings. The van der Waals surface area contributed by atoms with Gasteiger partial charge in [-0.1, -0.05) is 56.3 Å². The van der Waals surface area contributed by atoms with Crippen LogP contribution < -0.4 is 5.32 Å². The van der Waals surface area contributed by atoms with Crippen molar-refractivity contribution in [2.75, 3.05) is 11.9 Å².